The van der Waals surface area contributed by atoms with Gasteiger partial charge in [0.15, 0.2) is 0 Å². The molecular formula is CH7Na5O3. The molecule has 0 bridgehead atoms. The molecule has 0 aliphatic heterocycles. The van der Waals surface area contributed by atoms with Crippen LogP contribution in [0.4, 0.5) is 4.79 Å². The molecule has 9 heavy (non-hydrogen) atoms. The molecular weight excluding hydrogens is 175 g/mol. The van der Waals surface area contributed by atoms with Crippen LogP contribution in [0.15, 0.2) is 0 Å². The van der Waals surface area contributed by atoms with E-state index in [-0.39, 0.29) is 155 Å². The summed E-state index contributed by atoms with van der Waals surface area (Å²) in [5, 5.41) is 13.9. The van der Waals surface area contributed by atoms with E-state index in [0.29, 0.717) is 0 Å². The van der Waals surface area contributed by atoms with Crippen molar-refractivity contribution in [2.75, 3.05) is 0 Å². The molecule has 0 unspecified atom stereocenters. The fraction of sp³-hybridized carbons (Fsp3) is 0. The van der Waals surface area contributed by atoms with Gasteiger partial charge in [-0.15, -0.1) is 0 Å². The van der Waals surface area contributed by atoms with Crippen molar-refractivity contribution in [3.63, 3.8) is 0 Å². The van der Waals surface area contributed by atoms with Gasteiger partial charge in [-0.2, -0.15) is 0 Å². The Labute approximate surface area is 172 Å². The maximum absolute atomic E-state index is 8.56. The van der Waals surface area contributed by atoms with Crippen molar-refractivity contribution in [2.45, 2.75) is 0 Å². The molecule has 0 amide bonds. The standard InChI is InChI=1S/CH2O3.5Na.5H/c2-1(3)4;;;;;;;;;;/h(H2,2,3,4);;;;;;;;;;/q;5*+1;5*-1. The molecule has 0 radical (unpaired) electrons. The third kappa shape index (κ3) is 71.0. The Kier molecular flexibility index (Phi) is 124. The predicted octanol–water partition coefficient (Wildman–Crippen LogP) is -14.2. The van der Waals surface area contributed by atoms with E-state index in [9.17, 15) is 0 Å². The third-order valence-electron chi connectivity index (χ3n) is 0. The first-order valence-corrected chi connectivity index (χ1v) is 0.651. The Morgan fingerprint density at radius 1 is 0.889 bits per heavy atom. The van der Waals surface area contributed by atoms with Crippen LogP contribution in [0.2, 0.25) is 0 Å². The van der Waals surface area contributed by atoms with Crippen LogP contribution in [0, 0.1) is 0 Å². The van der Waals surface area contributed by atoms with E-state index in [2.05, 4.69) is 0 Å². The zero-order chi connectivity index (χ0) is 3.58. The van der Waals surface area contributed by atoms with Crippen molar-refractivity contribution in [2.24, 2.45) is 0 Å². The van der Waals surface area contributed by atoms with Crippen molar-refractivity contribution < 1.29 is 170 Å². The molecule has 0 heterocycles. The van der Waals surface area contributed by atoms with Crippen LogP contribution in [0.1, 0.15) is 7.13 Å². The summed E-state index contributed by atoms with van der Waals surface area (Å²) in [6.45, 7) is 0. The molecule has 34 valence electrons. The Hall–Kier alpha value is 4.27. The maximum Gasteiger partial charge on any atom is 1.00 e. The Bertz CT molecular complexity index is 48.3. The summed E-state index contributed by atoms with van der Waals surface area (Å²) in [5.41, 5.74) is 0. The second kappa shape index (κ2) is 29.5. The molecule has 0 aliphatic rings. The number of hydrogen-bond donors (Lipinski definition) is 2. The first-order chi connectivity index (χ1) is 1.73. The van der Waals surface area contributed by atoms with Gasteiger partial charge in [0.1, 0.15) is 0 Å². The minimum Gasteiger partial charge on any atom is -1.00 e. The fourth-order valence-corrected chi connectivity index (χ4v) is 0. The quantitative estimate of drug-likeness (QED) is 0.366. The number of carboxylic acid groups (broad SMARTS) is 2. The third-order valence-corrected chi connectivity index (χ3v) is 0. The van der Waals surface area contributed by atoms with E-state index in [0.717, 1.165) is 0 Å². The van der Waals surface area contributed by atoms with Gasteiger partial charge in [-0.25, -0.2) is 4.79 Å². The second-order valence-corrected chi connectivity index (χ2v) is 0.283. The minimum atomic E-state index is -1.83. The van der Waals surface area contributed by atoms with Gasteiger partial charge >= 0.3 is 154 Å². The van der Waals surface area contributed by atoms with Gasteiger partial charge < -0.3 is 17.3 Å². The summed E-state index contributed by atoms with van der Waals surface area (Å²) in [4.78, 5) is 8.56. The monoisotopic (exact) mass is 182 g/mol. The van der Waals surface area contributed by atoms with Crippen molar-refractivity contribution in [3.8, 4) is 0 Å². The molecule has 3 nitrogen and oxygen atoms in total. The zero-order valence-corrected chi connectivity index (χ0v) is 16.8. The van der Waals surface area contributed by atoms with E-state index in [4.69, 9.17) is 15.0 Å². The van der Waals surface area contributed by atoms with Crippen molar-refractivity contribution in [3.05, 3.63) is 0 Å². The molecule has 0 spiro atoms. The smallest absolute Gasteiger partial charge is 1.00 e. The summed E-state index contributed by atoms with van der Waals surface area (Å²) in [5.74, 6) is 0. The molecule has 0 rings (SSSR count). The molecule has 0 saturated carbocycles. The average molecular weight is 182 g/mol. The number of rotatable bonds is 0. The Morgan fingerprint density at radius 2 is 0.889 bits per heavy atom. The molecule has 0 aromatic carbocycles. The van der Waals surface area contributed by atoms with Crippen LogP contribution in [0.3, 0.4) is 0 Å². The summed E-state index contributed by atoms with van der Waals surface area (Å²) < 4.78 is 0. The van der Waals surface area contributed by atoms with Crippen molar-refractivity contribution >= 4 is 6.16 Å². The van der Waals surface area contributed by atoms with Crippen molar-refractivity contribution in [1.82, 2.24) is 0 Å². The predicted molar refractivity (Wildman–Crippen MR) is 16.2 cm³/mol. The van der Waals surface area contributed by atoms with Gasteiger partial charge in [0.05, 0.1) is 0 Å². The van der Waals surface area contributed by atoms with E-state index < -0.39 is 6.16 Å². The van der Waals surface area contributed by atoms with E-state index in [1.807, 2.05) is 0 Å². The van der Waals surface area contributed by atoms with Crippen LogP contribution in [-0.2, 0) is 0 Å². The van der Waals surface area contributed by atoms with Gasteiger partial charge in [-0.1, -0.05) is 0 Å². The maximum atomic E-state index is 8.56. The number of carbonyl (C=O) groups is 1. The van der Waals surface area contributed by atoms with Crippen molar-refractivity contribution in [1.29, 1.82) is 0 Å². The topological polar surface area (TPSA) is 57.5 Å². The van der Waals surface area contributed by atoms with Crippen LogP contribution in [-0.4, -0.2) is 16.4 Å². The van der Waals surface area contributed by atoms with E-state index in [1.54, 1.807) is 0 Å². The fourth-order valence-electron chi connectivity index (χ4n) is 0. The molecule has 0 aromatic heterocycles. The molecule has 0 fully saturated rings. The van der Waals surface area contributed by atoms with Gasteiger partial charge in [-0.05, 0) is 0 Å². The van der Waals surface area contributed by atoms with Gasteiger partial charge in [0.25, 0.3) is 0 Å². The average Bonchev–Trinajstić information content (AvgIpc) is 0.811. The number of hydrogen-bond acceptors (Lipinski definition) is 1. The minimum absolute atomic E-state index is 0. The first-order valence-electron chi connectivity index (χ1n) is 0.651. The second-order valence-electron chi connectivity index (χ2n) is 0.283. The molecule has 0 aromatic rings. The Balaban J connectivity index is -0.000000001000. The van der Waals surface area contributed by atoms with Crippen LogP contribution in [0.5, 0.6) is 0 Å². The first kappa shape index (κ1) is 37.8. The summed E-state index contributed by atoms with van der Waals surface area (Å²) in [6.07, 6.45) is -1.83. The normalized spacial score (nSPS) is 2.67. The largest absolute Gasteiger partial charge is 1.00 e. The summed E-state index contributed by atoms with van der Waals surface area (Å²) in [6, 6.07) is 0. The summed E-state index contributed by atoms with van der Waals surface area (Å²) in [7, 11) is 0. The van der Waals surface area contributed by atoms with Crippen LogP contribution < -0.4 is 148 Å². The van der Waals surface area contributed by atoms with Crippen LogP contribution >= 0.6 is 0 Å². The molecule has 0 aliphatic carbocycles. The Morgan fingerprint density at radius 3 is 0.889 bits per heavy atom. The SMILES string of the molecule is O=C(O)O.[H-].[H-].[H-].[H-].[H-].[Na+].[Na+].[Na+].[Na+].[Na+]. The van der Waals surface area contributed by atoms with Gasteiger partial charge in [0, 0.05) is 0 Å². The van der Waals surface area contributed by atoms with Gasteiger partial charge in [0.2, 0.25) is 0 Å². The zero-order valence-electron chi connectivity index (χ0n) is 11.8. The summed E-state index contributed by atoms with van der Waals surface area (Å²) >= 11 is 0. The van der Waals surface area contributed by atoms with E-state index >= 15 is 0 Å². The molecule has 2 N–H and O–H groups in total. The van der Waals surface area contributed by atoms with Gasteiger partial charge in [-0.3, -0.25) is 0 Å². The van der Waals surface area contributed by atoms with Crippen LogP contribution in [0.25, 0.3) is 0 Å². The molecule has 8 heteroatoms. The van der Waals surface area contributed by atoms with E-state index in [1.165, 1.54) is 0 Å². The molecule has 0 atom stereocenters. The molecule has 0 saturated heterocycles.